The first kappa shape index (κ1) is 26.7. The van der Waals surface area contributed by atoms with Crippen LogP contribution in [0.1, 0.15) is 20.7 Å². The summed E-state index contributed by atoms with van der Waals surface area (Å²) in [5, 5.41) is 0. The van der Waals surface area contributed by atoms with Gasteiger partial charge in [-0.15, -0.1) is 0 Å². The molecule has 0 aliphatic heterocycles. The topological polar surface area (TPSA) is 89.5 Å². The summed E-state index contributed by atoms with van der Waals surface area (Å²) >= 11 is 0. The van der Waals surface area contributed by atoms with Crippen LogP contribution in [-0.2, 0) is 18.9 Å². The third-order valence-electron chi connectivity index (χ3n) is 4.97. The molecule has 0 aromatic heterocycles. The van der Waals surface area contributed by atoms with E-state index in [4.69, 9.17) is 28.4 Å². The molecular weight excluding hydrogens is 464 g/mol. The Labute approximate surface area is 210 Å². The molecule has 36 heavy (non-hydrogen) atoms. The molecule has 0 aliphatic carbocycles. The third-order valence-corrected chi connectivity index (χ3v) is 4.97. The van der Waals surface area contributed by atoms with Crippen molar-refractivity contribution in [2.75, 3.05) is 40.6 Å². The third kappa shape index (κ3) is 8.72. The molecule has 0 spiro atoms. The zero-order valence-electron chi connectivity index (χ0n) is 20.3. The second-order valence-corrected chi connectivity index (χ2v) is 7.79. The van der Waals surface area contributed by atoms with Crippen molar-refractivity contribution in [2.45, 2.75) is 12.2 Å². The van der Waals surface area contributed by atoms with E-state index in [1.807, 2.05) is 60.7 Å². The van der Waals surface area contributed by atoms with Crippen molar-refractivity contribution in [1.82, 2.24) is 0 Å². The lowest BCUT2D eigenvalue weighted by molar-refractivity contribution is -0.0107. The molecule has 0 fully saturated rings. The van der Waals surface area contributed by atoms with Gasteiger partial charge in [0.15, 0.2) is 12.2 Å². The van der Waals surface area contributed by atoms with Crippen LogP contribution in [0.15, 0.2) is 84.9 Å². The number of ether oxygens (including phenoxy) is 6. The average molecular weight is 495 g/mol. The van der Waals surface area contributed by atoms with E-state index in [-0.39, 0.29) is 37.6 Å². The lowest BCUT2D eigenvalue weighted by Crippen LogP contribution is -2.30. The van der Waals surface area contributed by atoms with E-state index in [1.165, 1.54) is 38.5 Å². The summed E-state index contributed by atoms with van der Waals surface area (Å²) in [5.41, 5.74) is 0.571. The summed E-state index contributed by atoms with van der Waals surface area (Å²) in [6, 6.07) is 24.5. The highest BCUT2D eigenvalue weighted by Gasteiger charge is 2.20. The molecule has 0 saturated carbocycles. The predicted octanol–water partition coefficient (Wildman–Crippen LogP) is 4.19. The van der Waals surface area contributed by atoms with Crippen LogP contribution in [0, 0.1) is 0 Å². The normalized spacial score (nSPS) is 12.3. The van der Waals surface area contributed by atoms with E-state index in [2.05, 4.69) is 0 Å². The van der Waals surface area contributed by atoms with Crippen LogP contribution in [0.25, 0.3) is 0 Å². The minimum absolute atomic E-state index is 0.139. The van der Waals surface area contributed by atoms with E-state index >= 15 is 0 Å². The molecule has 0 bridgehead atoms. The molecule has 3 rings (SSSR count). The molecule has 0 N–H and O–H groups in total. The largest absolute Gasteiger partial charge is 0.490 e. The summed E-state index contributed by atoms with van der Waals surface area (Å²) in [4.78, 5) is 25.2. The Morgan fingerprint density at radius 2 is 0.917 bits per heavy atom. The van der Waals surface area contributed by atoms with E-state index < -0.39 is 24.1 Å². The number of carbonyl (C=O) groups is 2. The van der Waals surface area contributed by atoms with Crippen LogP contribution in [0.4, 0.5) is 0 Å². The highest BCUT2D eigenvalue weighted by molar-refractivity contribution is 5.93. The highest BCUT2D eigenvalue weighted by Crippen LogP contribution is 2.14. The Bertz CT molecular complexity index is 967. The minimum Gasteiger partial charge on any atom is -0.490 e. The SMILES string of the molecule is COCC(COc1ccccc1)OC(=O)c1ccc(C(=O)OC(COC)COc2ccccc2)cc1. The van der Waals surface area contributed by atoms with Crippen molar-refractivity contribution in [3.63, 3.8) is 0 Å². The first-order valence-electron chi connectivity index (χ1n) is 11.4. The fourth-order valence-corrected chi connectivity index (χ4v) is 3.20. The summed E-state index contributed by atoms with van der Waals surface area (Å²) in [5.74, 6) is 0.223. The Hall–Kier alpha value is -3.88. The first-order valence-corrected chi connectivity index (χ1v) is 11.4. The number of methoxy groups -OCH3 is 2. The Morgan fingerprint density at radius 1 is 0.556 bits per heavy atom. The monoisotopic (exact) mass is 494 g/mol. The van der Waals surface area contributed by atoms with Gasteiger partial charge in [-0.1, -0.05) is 36.4 Å². The van der Waals surface area contributed by atoms with Gasteiger partial charge in [-0.05, 0) is 48.5 Å². The molecule has 0 amide bonds. The smallest absolute Gasteiger partial charge is 0.338 e. The molecule has 3 aromatic rings. The summed E-state index contributed by atoms with van der Waals surface area (Å²) in [7, 11) is 3.04. The fraction of sp³-hybridized carbons (Fsp3) is 0.286. The molecule has 8 nitrogen and oxygen atoms in total. The molecule has 0 aliphatic rings. The van der Waals surface area contributed by atoms with Crippen molar-refractivity contribution in [1.29, 1.82) is 0 Å². The maximum Gasteiger partial charge on any atom is 0.338 e. The molecule has 3 aromatic carbocycles. The number of carbonyl (C=O) groups excluding carboxylic acids is 2. The van der Waals surface area contributed by atoms with Crippen LogP contribution >= 0.6 is 0 Å². The fourth-order valence-electron chi connectivity index (χ4n) is 3.20. The van der Waals surface area contributed by atoms with Crippen molar-refractivity contribution in [3.8, 4) is 11.5 Å². The molecule has 0 radical (unpaired) electrons. The van der Waals surface area contributed by atoms with Gasteiger partial charge in [0.05, 0.1) is 24.3 Å². The van der Waals surface area contributed by atoms with Gasteiger partial charge in [-0.25, -0.2) is 9.59 Å². The summed E-state index contributed by atoms with van der Waals surface area (Å²) in [6.45, 7) is 0.629. The number of rotatable bonds is 14. The Kier molecular flexibility index (Phi) is 10.8. The Morgan fingerprint density at radius 3 is 1.25 bits per heavy atom. The molecule has 0 saturated heterocycles. The van der Waals surface area contributed by atoms with Crippen LogP contribution in [0.5, 0.6) is 11.5 Å². The molecule has 2 atom stereocenters. The van der Waals surface area contributed by atoms with Gasteiger partial charge in [0.25, 0.3) is 0 Å². The van der Waals surface area contributed by atoms with Crippen molar-refractivity contribution < 1.29 is 38.0 Å². The number of esters is 2. The number of hydrogen-bond donors (Lipinski definition) is 0. The maximum absolute atomic E-state index is 12.6. The van der Waals surface area contributed by atoms with E-state index in [0.29, 0.717) is 11.5 Å². The van der Waals surface area contributed by atoms with Crippen LogP contribution < -0.4 is 9.47 Å². The molecule has 8 heteroatoms. The van der Waals surface area contributed by atoms with Gasteiger partial charge in [0.2, 0.25) is 0 Å². The van der Waals surface area contributed by atoms with Crippen molar-refractivity contribution in [3.05, 3.63) is 96.1 Å². The zero-order valence-corrected chi connectivity index (χ0v) is 20.3. The average Bonchev–Trinajstić information content (AvgIpc) is 2.92. The Balaban J connectivity index is 1.53. The summed E-state index contributed by atoms with van der Waals surface area (Å²) < 4.78 is 32.7. The van der Waals surface area contributed by atoms with E-state index in [0.717, 1.165) is 0 Å². The van der Waals surface area contributed by atoms with Crippen LogP contribution in [0.3, 0.4) is 0 Å². The van der Waals surface area contributed by atoms with Gasteiger partial charge in [-0.3, -0.25) is 0 Å². The molecule has 0 heterocycles. The second kappa shape index (κ2) is 14.5. The lowest BCUT2D eigenvalue weighted by atomic mass is 10.1. The quantitative estimate of drug-likeness (QED) is 0.308. The lowest BCUT2D eigenvalue weighted by Gasteiger charge is -2.18. The number of benzene rings is 3. The van der Waals surface area contributed by atoms with Crippen molar-refractivity contribution >= 4 is 11.9 Å². The number of para-hydroxylation sites is 2. The van der Waals surface area contributed by atoms with Gasteiger partial charge in [-0.2, -0.15) is 0 Å². The molecule has 190 valence electrons. The molecule has 2 unspecified atom stereocenters. The highest BCUT2D eigenvalue weighted by atomic mass is 16.6. The van der Waals surface area contributed by atoms with Gasteiger partial charge < -0.3 is 28.4 Å². The first-order chi connectivity index (χ1) is 17.6. The maximum atomic E-state index is 12.6. The number of hydrogen-bond acceptors (Lipinski definition) is 8. The van der Waals surface area contributed by atoms with Crippen LogP contribution in [0.2, 0.25) is 0 Å². The van der Waals surface area contributed by atoms with Crippen LogP contribution in [-0.4, -0.2) is 64.8 Å². The van der Waals surface area contributed by atoms with Gasteiger partial charge in [0, 0.05) is 14.2 Å². The van der Waals surface area contributed by atoms with Gasteiger partial charge in [0.1, 0.15) is 24.7 Å². The predicted molar refractivity (Wildman–Crippen MR) is 132 cm³/mol. The minimum atomic E-state index is -0.605. The van der Waals surface area contributed by atoms with Gasteiger partial charge >= 0.3 is 11.9 Å². The second-order valence-electron chi connectivity index (χ2n) is 7.79. The van der Waals surface area contributed by atoms with Crippen molar-refractivity contribution in [2.24, 2.45) is 0 Å². The van der Waals surface area contributed by atoms with E-state index in [1.54, 1.807) is 0 Å². The summed E-state index contributed by atoms with van der Waals surface area (Å²) in [6.07, 6.45) is -1.21. The standard InChI is InChI=1S/C28H30O8/c1-31-17-25(19-33-23-9-5-3-6-10-23)35-27(29)21-13-15-22(16-14-21)28(30)36-26(18-32-2)20-34-24-11-7-4-8-12-24/h3-16,25-26H,17-20H2,1-2H3. The zero-order chi connectivity index (χ0) is 25.6. The molecular formula is C28H30O8. The van der Waals surface area contributed by atoms with E-state index in [9.17, 15) is 9.59 Å².